The van der Waals surface area contributed by atoms with Gasteiger partial charge in [-0.15, -0.1) is 0 Å². The summed E-state index contributed by atoms with van der Waals surface area (Å²) in [6.45, 7) is 0.271. The molecule has 9 nitrogen and oxygen atoms in total. The number of hydrogen-bond donors (Lipinski definition) is 1. The lowest BCUT2D eigenvalue weighted by molar-refractivity contribution is -0.383. The largest absolute Gasteiger partial charge is 0.486 e. The Morgan fingerprint density at radius 2 is 1.93 bits per heavy atom. The summed E-state index contributed by atoms with van der Waals surface area (Å²) in [6.07, 6.45) is 0. The second-order valence-corrected chi connectivity index (χ2v) is 5.80. The lowest BCUT2D eigenvalue weighted by Crippen LogP contribution is -2.12. The van der Waals surface area contributed by atoms with Crippen molar-refractivity contribution in [3.8, 4) is 17.2 Å². The molecule has 2 aromatic carbocycles. The number of hydrogen-bond acceptors (Lipinski definition) is 7. The van der Waals surface area contributed by atoms with Gasteiger partial charge in [-0.05, 0) is 30.3 Å². The average molecular weight is 382 g/mol. The molecule has 0 saturated carbocycles. The fourth-order valence-corrected chi connectivity index (χ4v) is 2.62. The molecule has 0 aliphatic carbocycles. The highest BCUT2D eigenvalue weighted by Crippen LogP contribution is 2.35. The molecule has 0 unspecified atom stereocenters. The number of amides is 1. The van der Waals surface area contributed by atoms with E-state index in [2.05, 4.69) is 5.32 Å². The predicted octanol–water partition coefficient (Wildman–Crippen LogP) is 3.75. The van der Waals surface area contributed by atoms with Crippen molar-refractivity contribution in [2.75, 3.05) is 12.1 Å². The number of fused-ring (bicyclic) bond motifs is 1. The van der Waals surface area contributed by atoms with Gasteiger partial charge in [-0.3, -0.25) is 14.9 Å². The normalized spacial score (nSPS) is 11.9. The zero-order chi connectivity index (χ0) is 19.5. The van der Waals surface area contributed by atoms with Crippen LogP contribution in [0.4, 0.5) is 11.4 Å². The molecule has 3 aromatic rings. The summed E-state index contributed by atoms with van der Waals surface area (Å²) in [5.74, 6) is 1.66. The smallest absolute Gasteiger partial charge is 0.292 e. The van der Waals surface area contributed by atoms with Crippen LogP contribution in [0.15, 0.2) is 59.0 Å². The maximum Gasteiger partial charge on any atom is 0.292 e. The van der Waals surface area contributed by atoms with E-state index >= 15 is 0 Å². The van der Waals surface area contributed by atoms with Crippen LogP contribution in [0.2, 0.25) is 0 Å². The van der Waals surface area contributed by atoms with Crippen molar-refractivity contribution in [3.63, 3.8) is 0 Å². The minimum Gasteiger partial charge on any atom is -0.486 e. The van der Waals surface area contributed by atoms with Crippen molar-refractivity contribution < 1.29 is 28.3 Å². The fourth-order valence-electron chi connectivity index (χ4n) is 2.62. The number of furan rings is 1. The molecular formula is C19H14N2O7. The fraction of sp³-hybridized carbons (Fsp3) is 0.105. The van der Waals surface area contributed by atoms with E-state index in [-0.39, 0.29) is 30.5 Å². The van der Waals surface area contributed by atoms with Gasteiger partial charge in [0.25, 0.3) is 11.6 Å². The van der Waals surface area contributed by atoms with Gasteiger partial charge in [0.2, 0.25) is 6.79 Å². The first kappa shape index (κ1) is 17.4. The van der Waals surface area contributed by atoms with Crippen LogP contribution in [0.25, 0.3) is 0 Å². The van der Waals surface area contributed by atoms with Gasteiger partial charge in [0.1, 0.15) is 23.8 Å². The molecule has 1 aromatic heterocycles. The van der Waals surface area contributed by atoms with E-state index < -0.39 is 10.8 Å². The molecule has 9 heteroatoms. The zero-order valence-corrected chi connectivity index (χ0v) is 14.4. The molecular weight excluding hydrogens is 368 g/mol. The van der Waals surface area contributed by atoms with Crippen LogP contribution in [-0.2, 0) is 6.61 Å². The Morgan fingerprint density at radius 1 is 1.11 bits per heavy atom. The van der Waals surface area contributed by atoms with E-state index in [1.807, 2.05) is 0 Å². The number of nitro benzene ring substituents is 1. The number of nitrogens with one attached hydrogen (secondary N) is 1. The number of para-hydroxylation sites is 2. The van der Waals surface area contributed by atoms with E-state index in [9.17, 15) is 14.9 Å². The minimum atomic E-state index is -0.594. The van der Waals surface area contributed by atoms with Crippen LogP contribution in [0.5, 0.6) is 17.2 Å². The number of benzene rings is 2. The maximum absolute atomic E-state index is 12.3. The van der Waals surface area contributed by atoms with E-state index in [1.54, 1.807) is 30.3 Å². The third-order valence-electron chi connectivity index (χ3n) is 3.96. The van der Waals surface area contributed by atoms with Gasteiger partial charge in [-0.2, -0.15) is 0 Å². The van der Waals surface area contributed by atoms with E-state index in [0.717, 1.165) is 0 Å². The van der Waals surface area contributed by atoms with Crippen LogP contribution < -0.4 is 19.5 Å². The van der Waals surface area contributed by atoms with Crippen molar-refractivity contribution in [1.29, 1.82) is 0 Å². The molecule has 1 amide bonds. The summed E-state index contributed by atoms with van der Waals surface area (Å²) in [7, 11) is 0. The van der Waals surface area contributed by atoms with Crippen LogP contribution in [0, 0.1) is 10.1 Å². The van der Waals surface area contributed by atoms with Gasteiger partial charge in [0.15, 0.2) is 17.3 Å². The van der Waals surface area contributed by atoms with Gasteiger partial charge >= 0.3 is 0 Å². The van der Waals surface area contributed by atoms with Crippen molar-refractivity contribution >= 4 is 17.3 Å². The number of nitro groups is 1. The molecule has 0 spiro atoms. The number of anilines is 1. The highest BCUT2D eigenvalue weighted by molar-refractivity contribution is 6.03. The summed E-state index contributed by atoms with van der Waals surface area (Å²) in [5.41, 5.74) is -0.110. The number of ether oxygens (including phenoxy) is 3. The summed E-state index contributed by atoms with van der Waals surface area (Å²) >= 11 is 0. The molecule has 0 radical (unpaired) electrons. The Labute approximate surface area is 158 Å². The monoisotopic (exact) mass is 382 g/mol. The first-order valence-corrected chi connectivity index (χ1v) is 8.26. The number of nitrogens with zero attached hydrogens (tertiary/aromatic N) is 1. The van der Waals surface area contributed by atoms with Crippen LogP contribution in [0.1, 0.15) is 16.3 Å². The summed E-state index contributed by atoms with van der Waals surface area (Å²) in [4.78, 5) is 22.8. The maximum atomic E-state index is 12.3. The highest BCUT2D eigenvalue weighted by atomic mass is 16.7. The number of carbonyl (C=O) groups excluding carboxylic acids is 1. The molecule has 1 N–H and O–H groups in total. The Kier molecular flexibility index (Phi) is 4.55. The number of carbonyl (C=O) groups is 1. The number of rotatable bonds is 6. The Morgan fingerprint density at radius 3 is 2.79 bits per heavy atom. The first-order chi connectivity index (χ1) is 13.6. The van der Waals surface area contributed by atoms with Gasteiger partial charge in [0.05, 0.1) is 4.92 Å². The predicted molar refractivity (Wildman–Crippen MR) is 96.7 cm³/mol. The third kappa shape index (κ3) is 3.58. The lowest BCUT2D eigenvalue weighted by atomic mass is 10.2. The van der Waals surface area contributed by atoms with Crippen LogP contribution in [-0.4, -0.2) is 17.6 Å². The minimum absolute atomic E-state index is 0.0161. The summed E-state index contributed by atoms with van der Waals surface area (Å²) < 4.78 is 21.6. The second-order valence-electron chi connectivity index (χ2n) is 5.80. The van der Waals surface area contributed by atoms with Crippen LogP contribution in [0.3, 0.4) is 0 Å². The molecule has 0 bridgehead atoms. The molecule has 0 fully saturated rings. The van der Waals surface area contributed by atoms with Crippen molar-refractivity contribution in [1.82, 2.24) is 0 Å². The molecule has 4 rings (SSSR count). The Balaban J connectivity index is 1.40. The second kappa shape index (κ2) is 7.31. The summed E-state index contributed by atoms with van der Waals surface area (Å²) in [6, 6.07) is 14.1. The first-order valence-electron chi connectivity index (χ1n) is 8.26. The molecule has 0 atom stereocenters. The highest BCUT2D eigenvalue weighted by Gasteiger charge is 2.18. The molecule has 2 heterocycles. The molecule has 1 aliphatic heterocycles. The zero-order valence-electron chi connectivity index (χ0n) is 14.4. The van der Waals surface area contributed by atoms with Crippen molar-refractivity contribution in [3.05, 3.63) is 76.2 Å². The van der Waals surface area contributed by atoms with E-state index in [4.69, 9.17) is 18.6 Å². The quantitative estimate of drug-likeness (QED) is 0.510. The molecule has 0 saturated heterocycles. The van der Waals surface area contributed by atoms with Crippen molar-refractivity contribution in [2.45, 2.75) is 6.61 Å². The van der Waals surface area contributed by atoms with Gasteiger partial charge in [0, 0.05) is 12.1 Å². The van der Waals surface area contributed by atoms with Gasteiger partial charge in [-0.25, -0.2) is 0 Å². The van der Waals surface area contributed by atoms with E-state index in [0.29, 0.717) is 23.0 Å². The topological polar surface area (TPSA) is 113 Å². The van der Waals surface area contributed by atoms with Gasteiger partial charge < -0.3 is 23.9 Å². The van der Waals surface area contributed by atoms with Crippen LogP contribution >= 0.6 is 0 Å². The standard InChI is InChI=1S/C19H14N2O7/c22-19(20-14-3-1-2-4-15(14)21(23)24)17-8-6-13(28-17)10-25-12-5-7-16-18(9-12)27-11-26-16/h1-9H,10-11H2,(H,20,22). The Bertz CT molecular complexity index is 1040. The van der Waals surface area contributed by atoms with E-state index in [1.165, 1.54) is 24.3 Å². The average Bonchev–Trinajstić information content (AvgIpc) is 3.35. The molecule has 1 aliphatic rings. The SMILES string of the molecule is O=C(Nc1ccccc1[N+](=O)[O-])c1ccc(COc2ccc3c(c2)OCO3)o1. The molecule has 142 valence electrons. The third-order valence-corrected chi connectivity index (χ3v) is 3.96. The summed E-state index contributed by atoms with van der Waals surface area (Å²) in [5, 5.41) is 13.5. The lowest BCUT2D eigenvalue weighted by Gasteiger charge is -2.05. The van der Waals surface area contributed by atoms with Gasteiger partial charge in [-0.1, -0.05) is 12.1 Å². The Hall–Kier alpha value is -4.01. The molecule has 28 heavy (non-hydrogen) atoms. The van der Waals surface area contributed by atoms with Crippen molar-refractivity contribution in [2.24, 2.45) is 0 Å².